The first-order chi connectivity index (χ1) is 17.0. The van der Waals surface area contributed by atoms with E-state index in [0.717, 1.165) is 59.5 Å². The summed E-state index contributed by atoms with van der Waals surface area (Å²) in [6, 6.07) is 14.2. The highest BCUT2D eigenvalue weighted by molar-refractivity contribution is 8.26. The molecular weight excluding hydrogens is 478 g/mol. The lowest BCUT2D eigenvalue weighted by atomic mass is 10.1. The number of piperidine rings is 1. The summed E-state index contributed by atoms with van der Waals surface area (Å²) in [6.07, 6.45) is 5.53. The third kappa shape index (κ3) is 4.36. The Morgan fingerprint density at radius 3 is 2.74 bits per heavy atom. The second kappa shape index (κ2) is 9.17. The quantitative estimate of drug-likeness (QED) is 0.336. The Hall–Kier alpha value is -3.10. The van der Waals surface area contributed by atoms with E-state index < -0.39 is 0 Å². The van der Waals surface area contributed by atoms with Crippen LogP contribution in [0.4, 0.5) is 5.82 Å². The van der Waals surface area contributed by atoms with Crippen LogP contribution in [0.5, 0.6) is 11.5 Å². The first-order valence-electron chi connectivity index (χ1n) is 11.9. The molecule has 0 radical (unpaired) electrons. The molecule has 0 spiro atoms. The van der Waals surface area contributed by atoms with Crippen LogP contribution in [0.15, 0.2) is 47.4 Å². The second-order valence-electron chi connectivity index (χ2n) is 9.10. The summed E-state index contributed by atoms with van der Waals surface area (Å²) in [4.78, 5) is 23.1. The molecule has 3 aliphatic heterocycles. The van der Waals surface area contributed by atoms with Crippen molar-refractivity contribution in [3.63, 3.8) is 0 Å². The summed E-state index contributed by atoms with van der Waals surface area (Å²) in [5.74, 6) is 2.30. The molecule has 0 N–H and O–H groups in total. The van der Waals surface area contributed by atoms with Gasteiger partial charge in [0.1, 0.15) is 10.1 Å². The fourth-order valence-corrected chi connectivity index (χ4v) is 6.01. The monoisotopic (exact) mass is 503 g/mol. The number of thiocarbonyl (C=S) groups is 1. The van der Waals surface area contributed by atoms with E-state index in [4.69, 9.17) is 26.7 Å². The van der Waals surface area contributed by atoms with E-state index in [1.54, 1.807) is 4.90 Å². The van der Waals surface area contributed by atoms with E-state index in [1.165, 1.54) is 23.7 Å². The number of carbonyl (C=O) groups excluding carboxylic acids is 1. The molecule has 3 aliphatic rings. The van der Waals surface area contributed by atoms with Crippen LogP contribution in [-0.2, 0) is 11.3 Å². The number of ether oxygens (including phenoxy) is 2. The van der Waals surface area contributed by atoms with E-state index in [0.29, 0.717) is 21.5 Å². The summed E-state index contributed by atoms with van der Waals surface area (Å²) in [7, 11) is 0. The first kappa shape index (κ1) is 22.4. The molecule has 6 rings (SSSR count). The summed E-state index contributed by atoms with van der Waals surface area (Å²) in [5.41, 5.74) is 4.08. The maximum atomic E-state index is 13.4. The molecule has 8 heteroatoms. The van der Waals surface area contributed by atoms with Crippen LogP contribution in [-0.4, -0.2) is 40.0 Å². The largest absolute Gasteiger partial charge is 0.454 e. The van der Waals surface area contributed by atoms with Gasteiger partial charge in [0.2, 0.25) is 6.79 Å². The van der Waals surface area contributed by atoms with Crippen molar-refractivity contribution in [2.24, 2.45) is 0 Å². The number of thioether (sulfide) groups is 1. The molecule has 2 aromatic carbocycles. The van der Waals surface area contributed by atoms with E-state index in [1.807, 2.05) is 24.3 Å². The Kier molecular flexibility index (Phi) is 5.86. The van der Waals surface area contributed by atoms with Crippen LogP contribution in [0.2, 0.25) is 0 Å². The first-order valence-corrected chi connectivity index (χ1v) is 13.1. The zero-order valence-corrected chi connectivity index (χ0v) is 21.1. The Labute approximate surface area is 213 Å². The van der Waals surface area contributed by atoms with Crippen molar-refractivity contribution in [1.82, 2.24) is 9.88 Å². The number of hydrogen-bond acceptors (Lipinski definition) is 7. The number of amides is 1. The minimum atomic E-state index is -0.0772. The molecule has 178 valence electrons. The molecule has 1 amide bonds. The minimum absolute atomic E-state index is 0.0772. The van der Waals surface area contributed by atoms with Gasteiger partial charge in [0.15, 0.2) is 11.5 Å². The van der Waals surface area contributed by atoms with Crippen LogP contribution in [0.25, 0.3) is 17.0 Å². The van der Waals surface area contributed by atoms with Crippen molar-refractivity contribution in [2.75, 3.05) is 24.8 Å². The Morgan fingerprint density at radius 1 is 1.06 bits per heavy atom. The number of hydrogen-bond donors (Lipinski definition) is 0. The van der Waals surface area contributed by atoms with Gasteiger partial charge >= 0.3 is 0 Å². The summed E-state index contributed by atoms with van der Waals surface area (Å²) < 4.78 is 11.4. The van der Waals surface area contributed by atoms with Gasteiger partial charge in [-0.3, -0.25) is 9.69 Å². The third-order valence-corrected chi connectivity index (χ3v) is 7.95. The van der Waals surface area contributed by atoms with Gasteiger partial charge in [0, 0.05) is 24.0 Å². The maximum absolute atomic E-state index is 13.4. The van der Waals surface area contributed by atoms with Gasteiger partial charge in [-0.05, 0) is 68.2 Å². The lowest BCUT2D eigenvalue weighted by molar-refractivity contribution is -0.122. The predicted octanol–water partition coefficient (Wildman–Crippen LogP) is 5.66. The van der Waals surface area contributed by atoms with Crippen molar-refractivity contribution in [3.05, 3.63) is 64.1 Å². The molecule has 0 unspecified atom stereocenters. The van der Waals surface area contributed by atoms with Gasteiger partial charge in [-0.2, -0.15) is 0 Å². The van der Waals surface area contributed by atoms with Gasteiger partial charge < -0.3 is 14.4 Å². The van der Waals surface area contributed by atoms with E-state index in [2.05, 4.69) is 36.1 Å². The standard InChI is InChI=1S/C27H25N3O3S2/c1-17-5-7-21-19(11-17)13-20(25(28-21)29-9-3-2-4-10-29)14-24-26(31)30(27(34)35-24)15-18-6-8-22-23(12-18)33-16-32-22/h5-8,11-14H,2-4,9-10,15-16H2,1H3/b24-14-. The lowest BCUT2D eigenvalue weighted by Gasteiger charge is -2.29. The van der Waals surface area contributed by atoms with Crippen LogP contribution < -0.4 is 14.4 Å². The highest BCUT2D eigenvalue weighted by atomic mass is 32.2. The molecule has 0 saturated carbocycles. The Balaban J connectivity index is 1.33. The number of anilines is 1. The van der Waals surface area contributed by atoms with Crippen molar-refractivity contribution >= 4 is 57.0 Å². The zero-order valence-electron chi connectivity index (χ0n) is 19.5. The third-order valence-electron chi connectivity index (χ3n) is 6.57. The van der Waals surface area contributed by atoms with Gasteiger partial charge in [-0.25, -0.2) is 4.98 Å². The smallest absolute Gasteiger partial charge is 0.266 e. The number of pyridine rings is 1. The van der Waals surface area contributed by atoms with Crippen LogP contribution in [0.3, 0.4) is 0 Å². The molecule has 3 aromatic rings. The van der Waals surface area contributed by atoms with Crippen molar-refractivity contribution in [3.8, 4) is 11.5 Å². The topological polar surface area (TPSA) is 54.9 Å². The van der Waals surface area contributed by atoms with Gasteiger partial charge in [0.25, 0.3) is 5.91 Å². The second-order valence-corrected chi connectivity index (χ2v) is 10.8. The molecule has 2 saturated heterocycles. The predicted molar refractivity (Wildman–Crippen MR) is 144 cm³/mol. The summed E-state index contributed by atoms with van der Waals surface area (Å²) in [5, 5.41) is 1.08. The van der Waals surface area contributed by atoms with Gasteiger partial charge in [-0.15, -0.1) is 0 Å². The lowest BCUT2D eigenvalue weighted by Crippen LogP contribution is -2.30. The highest BCUT2D eigenvalue weighted by Crippen LogP contribution is 2.38. The molecule has 0 atom stereocenters. The Morgan fingerprint density at radius 2 is 1.89 bits per heavy atom. The van der Waals surface area contributed by atoms with Crippen molar-refractivity contribution in [1.29, 1.82) is 0 Å². The minimum Gasteiger partial charge on any atom is -0.454 e. The van der Waals surface area contributed by atoms with Crippen molar-refractivity contribution < 1.29 is 14.3 Å². The molecular formula is C27H25N3O3S2. The van der Waals surface area contributed by atoms with E-state index in [-0.39, 0.29) is 12.7 Å². The Bertz CT molecular complexity index is 1380. The van der Waals surface area contributed by atoms with Crippen LogP contribution in [0.1, 0.15) is 36.0 Å². The highest BCUT2D eigenvalue weighted by Gasteiger charge is 2.33. The number of aryl methyl sites for hydroxylation is 1. The van der Waals surface area contributed by atoms with Gasteiger partial charge in [0.05, 0.1) is 17.0 Å². The number of nitrogens with zero attached hydrogens (tertiary/aromatic N) is 3. The zero-order chi connectivity index (χ0) is 23.9. The average Bonchev–Trinajstić information content (AvgIpc) is 3.44. The number of rotatable bonds is 4. The van der Waals surface area contributed by atoms with E-state index in [9.17, 15) is 4.79 Å². The number of benzene rings is 2. The molecule has 4 heterocycles. The fourth-order valence-electron chi connectivity index (χ4n) is 4.77. The van der Waals surface area contributed by atoms with Crippen molar-refractivity contribution in [2.45, 2.75) is 32.7 Å². The molecule has 0 aliphatic carbocycles. The number of aromatic nitrogens is 1. The van der Waals surface area contributed by atoms with Crippen LogP contribution in [0, 0.1) is 6.92 Å². The average molecular weight is 504 g/mol. The molecule has 35 heavy (non-hydrogen) atoms. The normalized spacial score (nSPS) is 18.8. The number of fused-ring (bicyclic) bond motifs is 2. The maximum Gasteiger partial charge on any atom is 0.266 e. The molecule has 6 nitrogen and oxygen atoms in total. The molecule has 1 aromatic heterocycles. The summed E-state index contributed by atoms with van der Waals surface area (Å²) >= 11 is 6.96. The SMILES string of the molecule is Cc1ccc2nc(N3CCCCC3)c(/C=C3\SC(=S)N(Cc4ccc5c(c4)OCO5)C3=O)cc2c1. The van der Waals surface area contributed by atoms with E-state index >= 15 is 0 Å². The molecule has 0 bridgehead atoms. The van der Waals surface area contributed by atoms with Crippen LogP contribution >= 0.6 is 24.0 Å². The number of carbonyl (C=O) groups is 1. The summed E-state index contributed by atoms with van der Waals surface area (Å²) in [6.45, 7) is 4.67. The fraction of sp³-hybridized carbons (Fsp3) is 0.296. The molecule has 2 fully saturated rings. The van der Waals surface area contributed by atoms with Gasteiger partial charge in [-0.1, -0.05) is 41.7 Å².